The summed E-state index contributed by atoms with van der Waals surface area (Å²) in [4.78, 5) is 10.6. The highest BCUT2D eigenvalue weighted by Gasteiger charge is 2.11. The second kappa shape index (κ2) is 7.35. The molecule has 0 unspecified atom stereocenters. The van der Waals surface area contributed by atoms with Gasteiger partial charge in [-0.15, -0.1) is 0 Å². The van der Waals surface area contributed by atoms with E-state index < -0.39 is 0 Å². The molecule has 0 saturated heterocycles. The predicted molar refractivity (Wildman–Crippen MR) is 70.7 cm³/mol. The standard InChI is InChI=1S/C13H24N4/c1-11(2)17(12(3)4)8-7-14-9-13-5-6-15-10-16-13/h5-6,10-12,14H,7-9H2,1-4H3. The van der Waals surface area contributed by atoms with Crippen molar-refractivity contribution in [2.45, 2.75) is 46.3 Å². The van der Waals surface area contributed by atoms with E-state index >= 15 is 0 Å². The van der Waals surface area contributed by atoms with Crippen molar-refractivity contribution in [2.24, 2.45) is 0 Å². The molecule has 1 rings (SSSR count). The first-order valence-electron chi connectivity index (χ1n) is 6.32. The molecule has 0 aliphatic heterocycles. The minimum Gasteiger partial charge on any atom is -0.310 e. The lowest BCUT2D eigenvalue weighted by molar-refractivity contribution is 0.175. The van der Waals surface area contributed by atoms with Crippen molar-refractivity contribution in [1.29, 1.82) is 0 Å². The number of nitrogens with zero attached hydrogens (tertiary/aromatic N) is 3. The molecule has 1 N–H and O–H groups in total. The maximum absolute atomic E-state index is 4.18. The number of hydrogen-bond donors (Lipinski definition) is 1. The molecular formula is C13H24N4. The number of nitrogens with one attached hydrogen (secondary N) is 1. The minimum absolute atomic E-state index is 0.593. The molecule has 4 nitrogen and oxygen atoms in total. The van der Waals surface area contributed by atoms with Gasteiger partial charge in [0.1, 0.15) is 6.33 Å². The second-order valence-electron chi connectivity index (χ2n) is 4.80. The first-order chi connectivity index (χ1) is 8.11. The van der Waals surface area contributed by atoms with Gasteiger partial charge in [-0.25, -0.2) is 9.97 Å². The Morgan fingerprint density at radius 2 is 1.94 bits per heavy atom. The Kier molecular flexibility index (Phi) is 6.08. The second-order valence-corrected chi connectivity index (χ2v) is 4.80. The largest absolute Gasteiger partial charge is 0.310 e. The van der Waals surface area contributed by atoms with Gasteiger partial charge in [0.05, 0.1) is 5.69 Å². The van der Waals surface area contributed by atoms with E-state index in [1.807, 2.05) is 6.07 Å². The lowest BCUT2D eigenvalue weighted by Crippen LogP contribution is -2.41. The topological polar surface area (TPSA) is 41.0 Å². The van der Waals surface area contributed by atoms with Gasteiger partial charge in [-0.3, -0.25) is 4.90 Å². The fourth-order valence-electron chi connectivity index (χ4n) is 1.96. The number of hydrogen-bond acceptors (Lipinski definition) is 4. The third-order valence-electron chi connectivity index (χ3n) is 2.82. The van der Waals surface area contributed by atoms with Gasteiger partial charge in [0.25, 0.3) is 0 Å². The van der Waals surface area contributed by atoms with Crippen molar-refractivity contribution in [3.05, 3.63) is 24.3 Å². The monoisotopic (exact) mass is 236 g/mol. The lowest BCUT2D eigenvalue weighted by atomic mass is 10.2. The van der Waals surface area contributed by atoms with Crippen LogP contribution in [0.25, 0.3) is 0 Å². The minimum atomic E-state index is 0.593. The van der Waals surface area contributed by atoms with Crippen LogP contribution < -0.4 is 5.32 Å². The molecule has 1 heterocycles. The average Bonchev–Trinajstić information content (AvgIpc) is 2.29. The summed E-state index contributed by atoms with van der Waals surface area (Å²) >= 11 is 0. The first kappa shape index (κ1) is 14.1. The molecule has 0 atom stereocenters. The Balaban J connectivity index is 2.23. The molecule has 0 saturated carbocycles. The Morgan fingerprint density at radius 1 is 1.24 bits per heavy atom. The van der Waals surface area contributed by atoms with Gasteiger partial charge in [-0.2, -0.15) is 0 Å². The highest BCUT2D eigenvalue weighted by Crippen LogP contribution is 2.03. The number of rotatable bonds is 7. The number of aromatic nitrogens is 2. The van der Waals surface area contributed by atoms with E-state index in [9.17, 15) is 0 Å². The van der Waals surface area contributed by atoms with Crippen molar-refractivity contribution < 1.29 is 0 Å². The van der Waals surface area contributed by atoms with E-state index in [2.05, 4.69) is 47.9 Å². The summed E-state index contributed by atoms with van der Waals surface area (Å²) in [5.74, 6) is 0. The van der Waals surface area contributed by atoms with Crippen molar-refractivity contribution in [3.8, 4) is 0 Å². The van der Waals surface area contributed by atoms with Crippen molar-refractivity contribution >= 4 is 0 Å². The van der Waals surface area contributed by atoms with Crippen LogP contribution in [0.5, 0.6) is 0 Å². The SMILES string of the molecule is CC(C)N(CCNCc1ccncn1)C(C)C. The zero-order chi connectivity index (χ0) is 12.7. The van der Waals surface area contributed by atoms with Crippen LogP contribution in [0.4, 0.5) is 0 Å². The molecule has 1 aromatic heterocycles. The third kappa shape index (κ3) is 5.24. The summed E-state index contributed by atoms with van der Waals surface area (Å²) in [5, 5.41) is 3.41. The van der Waals surface area contributed by atoms with Gasteiger partial charge in [0, 0.05) is 37.9 Å². The van der Waals surface area contributed by atoms with Crippen LogP contribution in [-0.2, 0) is 6.54 Å². The molecule has 1 aromatic rings. The van der Waals surface area contributed by atoms with Gasteiger partial charge in [0.15, 0.2) is 0 Å². The van der Waals surface area contributed by atoms with Crippen LogP contribution >= 0.6 is 0 Å². The summed E-state index contributed by atoms with van der Waals surface area (Å²) in [6.45, 7) is 11.8. The van der Waals surface area contributed by atoms with E-state index in [0.29, 0.717) is 12.1 Å². The summed E-state index contributed by atoms with van der Waals surface area (Å²) in [7, 11) is 0. The van der Waals surface area contributed by atoms with Crippen molar-refractivity contribution in [3.63, 3.8) is 0 Å². The van der Waals surface area contributed by atoms with E-state index in [0.717, 1.165) is 25.3 Å². The molecule has 0 fully saturated rings. The Hall–Kier alpha value is -1.00. The first-order valence-corrected chi connectivity index (χ1v) is 6.32. The van der Waals surface area contributed by atoms with Crippen LogP contribution in [0.1, 0.15) is 33.4 Å². The lowest BCUT2D eigenvalue weighted by Gasteiger charge is -2.30. The molecule has 0 amide bonds. The normalized spacial score (nSPS) is 11.7. The van der Waals surface area contributed by atoms with Gasteiger partial charge in [-0.05, 0) is 33.8 Å². The Morgan fingerprint density at radius 3 is 2.47 bits per heavy atom. The van der Waals surface area contributed by atoms with Crippen LogP contribution in [0.15, 0.2) is 18.6 Å². The molecule has 17 heavy (non-hydrogen) atoms. The maximum Gasteiger partial charge on any atom is 0.115 e. The quantitative estimate of drug-likeness (QED) is 0.731. The molecule has 0 bridgehead atoms. The molecule has 0 spiro atoms. The van der Waals surface area contributed by atoms with E-state index in [-0.39, 0.29) is 0 Å². The molecule has 0 aliphatic carbocycles. The molecule has 0 aliphatic rings. The van der Waals surface area contributed by atoms with Crippen LogP contribution in [0.3, 0.4) is 0 Å². The fraction of sp³-hybridized carbons (Fsp3) is 0.692. The highest BCUT2D eigenvalue weighted by molar-refractivity contribution is 4.96. The van der Waals surface area contributed by atoms with Crippen LogP contribution in [-0.4, -0.2) is 40.0 Å². The highest BCUT2D eigenvalue weighted by atomic mass is 15.2. The zero-order valence-electron chi connectivity index (χ0n) is 11.3. The van der Waals surface area contributed by atoms with E-state index in [1.54, 1.807) is 12.5 Å². The zero-order valence-corrected chi connectivity index (χ0v) is 11.3. The summed E-state index contributed by atoms with van der Waals surface area (Å²) in [5.41, 5.74) is 1.04. The van der Waals surface area contributed by atoms with Gasteiger partial charge in [-0.1, -0.05) is 0 Å². The van der Waals surface area contributed by atoms with E-state index in [4.69, 9.17) is 0 Å². The molecular weight excluding hydrogens is 212 g/mol. The van der Waals surface area contributed by atoms with E-state index in [1.165, 1.54) is 0 Å². The summed E-state index contributed by atoms with van der Waals surface area (Å²) < 4.78 is 0. The van der Waals surface area contributed by atoms with Gasteiger partial charge in [0.2, 0.25) is 0 Å². The molecule has 96 valence electrons. The molecule has 4 heteroatoms. The summed E-state index contributed by atoms with van der Waals surface area (Å²) in [6.07, 6.45) is 3.37. The predicted octanol–water partition coefficient (Wildman–Crippen LogP) is 1.68. The fourth-order valence-corrected chi connectivity index (χ4v) is 1.96. The summed E-state index contributed by atoms with van der Waals surface area (Å²) in [6, 6.07) is 3.13. The Labute approximate surface area is 104 Å². The van der Waals surface area contributed by atoms with Crippen LogP contribution in [0.2, 0.25) is 0 Å². The average molecular weight is 236 g/mol. The van der Waals surface area contributed by atoms with Gasteiger partial charge >= 0.3 is 0 Å². The van der Waals surface area contributed by atoms with Crippen LogP contribution in [0, 0.1) is 0 Å². The van der Waals surface area contributed by atoms with Crippen molar-refractivity contribution in [1.82, 2.24) is 20.2 Å². The Bertz CT molecular complexity index is 290. The third-order valence-corrected chi connectivity index (χ3v) is 2.82. The molecule has 0 aromatic carbocycles. The van der Waals surface area contributed by atoms with Crippen molar-refractivity contribution in [2.75, 3.05) is 13.1 Å². The van der Waals surface area contributed by atoms with Gasteiger partial charge < -0.3 is 5.32 Å². The maximum atomic E-state index is 4.18. The molecule has 0 radical (unpaired) electrons. The smallest absolute Gasteiger partial charge is 0.115 e.